The molecular weight excluding hydrogens is 571 g/mol. The Balaban J connectivity index is 1.05. The molecule has 2 aromatic rings. The van der Waals surface area contributed by atoms with Gasteiger partial charge in [0, 0.05) is 37.8 Å². The first-order chi connectivity index (χ1) is 21.7. The van der Waals surface area contributed by atoms with Crippen molar-refractivity contribution in [3.8, 4) is 11.5 Å². The number of nitrogens with zero attached hydrogens (tertiary/aromatic N) is 5. The summed E-state index contributed by atoms with van der Waals surface area (Å²) in [5.41, 5.74) is 0.744. The van der Waals surface area contributed by atoms with E-state index < -0.39 is 5.82 Å². The second kappa shape index (κ2) is 13.9. The summed E-state index contributed by atoms with van der Waals surface area (Å²) in [6, 6.07) is 5.29. The van der Waals surface area contributed by atoms with Gasteiger partial charge in [0.15, 0.2) is 11.6 Å². The zero-order valence-corrected chi connectivity index (χ0v) is 27.5. The number of rotatable bonds is 10. The number of hydrogen-bond donors (Lipinski definition) is 1. The third kappa shape index (κ3) is 7.44. The number of anilines is 1. The fourth-order valence-corrected chi connectivity index (χ4v) is 8.01. The quantitative estimate of drug-likeness (QED) is 0.372. The number of ether oxygens (including phenoxy) is 2. The van der Waals surface area contributed by atoms with E-state index in [0.717, 1.165) is 45.1 Å². The molecule has 45 heavy (non-hydrogen) atoms. The Bertz CT molecular complexity index is 1290. The molecule has 4 aliphatic rings. The first kappa shape index (κ1) is 32.1. The number of carbonyl (C=O) groups excluding carboxylic acids is 1. The Morgan fingerprint density at radius 1 is 1.04 bits per heavy atom. The maximum atomic E-state index is 14.4. The summed E-state index contributed by atoms with van der Waals surface area (Å²) in [5, 5.41) is 3.80. The molecule has 4 fully saturated rings. The highest BCUT2D eigenvalue weighted by Gasteiger charge is 2.39. The van der Waals surface area contributed by atoms with Gasteiger partial charge in [-0.05, 0) is 115 Å². The molecule has 6 rings (SSSR count). The lowest BCUT2D eigenvalue weighted by atomic mass is 9.67. The van der Waals surface area contributed by atoms with E-state index in [0.29, 0.717) is 34.9 Å². The number of nitrogens with one attached hydrogen (secondary N) is 1. The Kier molecular flexibility index (Phi) is 9.92. The number of halogens is 1. The Morgan fingerprint density at radius 3 is 2.44 bits per heavy atom. The number of amides is 1. The van der Waals surface area contributed by atoms with Crippen LogP contribution in [0.15, 0.2) is 30.7 Å². The molecule has 3 saturated heterocycles. The van der Waals surface area contributed by atoms with E-state index in [4.69, 9.17) is 9.47 Å². The maximum absolute atomic E-state index is 14.4. The molecule has 1 spiro atoms. The van der Waals surface area contributed by atoms with Crippen LogP contribution in [0.3, 0.4) is 0 Å². The lowest BCUT2D eigenvalue weighted by Gasteiger charge is -2.47. The van der Waals surface area contributed by atoms with Crippen molar-refractivity contribution in [3.63, 3.8) is 0 Å². The summed E-state index contributed by atoms with van der Waals surface area (Å²) in [7, 11) is 0. The fourth-order valence-electron chi connectivity index (χ4n) is 8.01. The van der Waals surface area contributed by atoms with Gasteiger partial charge in [-0.3, -0.25) is 4.79 Å². The molecule has 1 aromatic heterocycles. The predicted molar refractivity (Wildman–Crippen MR) is 173 cm³/mol. The van der Waals surface area contributed by atoms with Gasteiger partial charge in [-0.25, -0.2) is 14.4 Å². The first-order valence-electron chi connectivity index (χ1n) is 17.1. The van der Waals surface area contributed by atoms with Crippen molar-refractivity contribution in [2.24, 2.45) is 11.3 Å². The van der Waals surface area contributed by atoms with Crippen molar-refractivity contribution in [3.05, 3.63) is 42.1 Å². The van der Waals surface area contributed by atoms with Crippen LogP contribution < -0.4 is 15.0 Å². The molecule has 0 unspecified atom stereocenters. The smallest absolute Gasteiger partial charge is 0.258 e. The molecule has 3 aliphatic heterocycles. The number of benzene rings is 1. The van der Waals surface area contributed by atoms with E-state index in [-0.39, 0.29) is 23.6 Å². The first-order valence-corrected chi connectivity index (χ1v) is 17.1. The van der Waals surface area contributed by atoms with E-state index in [1.165, 1.54) is 69.8 Å². The highest BCUT2D eigenvalue weighted by atomic mass is 19.1. The third-order valence-corrected chi connectivity index (χ3v) is 10.6. The Hall–Kier alpha value is -2.82. The summed E-state index contributed by atoms with van der Waals surface area (Å²) >= 11 is 0. The normalized spacial score (nSPS) is 22.7. The number of aromatic nitrogens is 2. The van der Waals surface area contributed by atoms with E-state index in [2.05, 4.69) is 25.1 Å². The van der Waals surface area contributed by atoms with Crippen molar-refractivity contribution in [2.75, 3.05) is 50.8 Å². The van der Waals surface area contributed by atoms with Crippen LogP contribution in [0.4, 0.5) is 10.2 Å². The van der Waals surface area contributed by atoms with Crippen LogP contribution in [0.1, 0.15) is 83.0 Å². The highest BCUT2D eigenvalue weighted by Crippen LogP contribution is 2.45. The van der Waals surface area contributed by atoms with Gasteiger partial charge in [0.2, 0.25) is 0 Å². The van der Waals surface area contributed by atoms with Crippen LogP contribution >= 0.6 is 0 Å². The monoisotopic (exact) mass is 622 g/mol. The molecule has 246 valence electrons. The van der Waals surface area contributed by atoms with Crippen LogP contribution in [0.2, 0.25) is 0 Å². The van der Waals surface area contributed by atoms with Gasteiger partial charge in [0.1, 0.15) is 17.9 Å². The van der Waals surface area contributed by atoms with E-state index >= 15 is 0 Å². The minimum absolute atomic E-state index is 0.0407. The second-order valence-electron chi connectivity index (χ2n) is 14.4. The van der Waals surface area contributed by atoms with Gasteiger partial charge in [0.05, 0.1) is 31.0 Å². The molecule has 1 aromatic carbocycles. The number of hydrogen-bond acceptors (Lipinski definition) is 8. The standard InChI is InChI=1S/C35H51FN6O3/c1-24(2)42(25(3)4)34(43)30-17-27(36)5-6-31(30)45-32-18-37-23-38-33(32)41-14-9-26(20-41)19-40-15-12-35(13-16-40)10-7-28(8-11-35)39-29-21-44-22-29/h5-6,17-18,23-26,28-29,39H,7-16,19-22H2,1-4H3/t26-/m0/s1. The van der Waals surface area contributed by atoms with Gasteiger partial charge >= 0.3 is 0 Å². The maximum Gasteiger partial charge on any atom is 0.258 e. The molecule has 1 amide bonds. The molecule has 10 heteroatoms. The summed E-state index contributed by atoms with van der Waals surface area (Å²) in [6.45, 7) is 14.9. The minimum Gasteiger partial charge on any atom is -0.451 e. The highest BCUT2D eigenvalue weighted by molar-refractivity contribution is 5.97. The summed E-state index contributed by atoms with van der Waals surface area (Å²) < 4.78 is 26.0. The van der Waals surface area contributed by atoms with Crippen molar-refractivity contribution in [1.82, 2.24) is 25.1 Å². The molecule has 0 bridgehead atoms. The van der Waals surface area contributed by atoms with Crippen molar-refractivity contribution < 1.29 is 18.7 Å². The molecule has 1 saturated carbocycles. The van der Waals surface area contributed by atoms with E-state index in [9.17, 15) is 9.18 Å². The fraction of sp³-hybridized carbons (Fsp3) is 0.686. The van der Waals surface area contributed by atoms with Crippen molar-refractivity contribution in [1.29, 1.82) is 0 Å². The average molecular weight is 623 g/mol. The van der Waals surface area contributed by atoms with Crippen LogP contribution in [0.25, 0.3) is 0 Å². The zero-order chi connectivity index (χ0) is 31.6. The van der Waals surface area contributed by atoms with Gasteiger partial charge in [0.25, 0.3) is 5.91 Å². The van der Waals surface area contributed by atoms with Crippen LogP contribution in [-0.4, -0.2) is 95.8 Å². The summed E-state index contributed by atoms with van der Waals surface area (Å²) in [6.07, 6.45) is 12.2. The largest absolute Gasteiger partial charge is 0.451 e. The van der Waals surface area contributed by atoms with Gasteiger partial charge < -0.3 is 29.5 Å². The van der Waals surface area contributed by atoms with Gasteiger partial charge in [-0.2, -0.15) is 0 Å². The second-order valence-corrected chi connectivity index (χ2v) is 14.4. The third-order valence-electron chi connectivity index (χ3n) is 10.6. The number of carbonyl (C=O) groups is 1. The topological polar surface area (TPSA) is 83.1 Å². The van der Waals surface area contributed by atoms with Crippen molar-refractivity contribution >= 4 is 11.7 Å². The van der Waals surface area contributed by atoms with Crippen LogP contribution in [-0.2, 0) is 4.74 Å². The molecule has 4 heterocycles. The molecule has 1 atom stereocenters. The zero-order valence-electron chi connectivity index (χ0n) is 27.5. The van der Waals surface area contributed by atoms with Gasteiger partial charge in [-0.15, -0.1) is 0 Å². The molecule has 9 nitrogen and oxygen atoms in total. The van der Waals surface area contributed by atoms with Crippen molar-refractivity contribution in [2.45, 2.75) is 96.8 Å². The Morgan fingerprint density at radius 2 is 1.78 bits per heavy atom. The molecular formula is C35H51FN6O3. The molecule has 1 aliphatic carbocycles. The Labute approximate surface area is 267 Å². The molecule has 0 radical (unpaired) electrons. The SMILES string of the molecule is CC(C)N(C(=O)c1cc(F)ccc1Oc1cncnc1N1CC[C@@H](CN2CCC3(CCC(NC4COC4)CC3)CC2)C1)C(C)C. The van der Waals surface area contributed by atoms with Gasteiger partial charge in [-0.1, -0.05) is 0 Å². The predicted octanol–water partition coefficient (Wildman–Crippen LogP) is 5.51. The summed E-state index contributed by atoms with van der Waals surface area (Å²) in [4.78, 5) is 29.1. The number of piperidine rings is 1. The van der Waals surface area contributed by atoms with Crippen LogP contribution in [0.5, 0.6) is 11.5 Å². The van der Waals surface area contributed by atoms with E-state index in [1.807, 2.05) is 27.7 Å². The summed E-state index contributed by atoms with van der Waals surface area (Å²) in [5.74, 6) is 1.33. The number of likely N-dealkylation sites (tertiary alicyclic amines) is 1. The average Bonchev–Trinajstić information content (AvgIpc) is 3.46. The van der Waals surface area contributed by atoms with Crippen LogP contribution in [0, 0.1) is 17.2 Å². The molecule has 1 N–H and O–H groups in total. The lowest BCUT2D eigenvalue weighted by molar-refractivity contribution is -0.0179. The lowest BCUT2D eigenvalue weighted by Crippen LogP contribution is -2.52. The van der Waals surface area contributed by atoms with E-state index in [1.54, 1.807) is 17.4 Å². The minimum atomic E-state index is -0.474.